The maximum Gasteiger partial charge on any atom is 0.306 e. The van der Waals surface area contributed by atoms with Crippen LogP contribution in [0.25, 0.3) is 0 Å². The Labute approximate surface area is 154 Å². The van der Waals surface area contributed by atoms with E-state index in [2.05, 4.69) is 0 Å². The second-order valence-electron chi connectivity index (χ2n) is 6.12. The molecule has 0 aromatic heterocycles. The zero-order chi connectivity index (χ0) is 19.5. The zero-order valence-electron chi connectivity index (χ0n) is 16.0. The van der Waals surface area contributed by atoms with Gasteiger partial charge in [0.2, 0.25) is 0 Å². The first-order chi connectivity index (χ1) is 12.5. The highest BCUT2D eigenvalue weighted by Gasteiger charge is 2.47. The topological polar surface area (TPSA) is 97.4 Å². The Morgan fingerprint density at radius 3 is 1.73 bits per heavy atom. The number of hydrogen-bond acceptors (Lipinski definition) is 8. The first-order valence-corrected chi connectivity index (χ1v) is 9.19. The first-order valence-electron chi connectivity index (χ1n) is 9.19. The molecule has 8 heteroatoms. The summed E-state index contributed by atoms with van der Waals surface area (Å²) in [6.45, 7) is 5.54. The summed E-state index contributed by atoms with van der Waals surface area (Å²) >= 11 is 0. The van der Waals surface area contributed by atoms with Crippen LogP contribution in [0.4, 0.5) is 0 Å². The Bertz CT molecular complexity index is 464. The van der Waals surface area contributed by atoms with Gasteiger partial charge in [-0.25, -0.2) is 0 Å². The van der Waals surface area contributed by atoms with Gasteiger partial charge in [-0.2, -0.15) is 0 Å². The molecule has 0 saturated carbocycles. The van der Waals surface area contributed by atoms with Crippen molar-refractivity contribution in [3.05, 3.63) is 0 Å². The standard InChI is InChI=1S/C18H30O8/c1-5-8-13(19)24-12-11-23-18(22-4)17(26-15(21)10-7-3)16(12)25-14(20)9-6-2/h12,16-18H,5-11H2,1-4H3/t12-,16-,17+,18-/m0/s1. The van der Waals surface area contributed by atoms with E-state index in [4.69, 9.17) is 23.7 Å². The Morgan fingerprint density at radius 2 is 1.27 bits per heavy atom. The van der Waals surface area contributed by atoms with Crippen LogP contribution in [0, 0.1) is 0 Å². The van der Waals surface area contributed by atoms with Crippen LogP contribution in [-0.2, 0) is 38.1 Å². The lowest BCUT2D eigenvalue weighted by atomic mass is 10.0. The third-order valence-electron chi connectivity index (χ3n) is 3.80. The smallest absolute Gasteiger partial charge is 0.306 e. The van der Waals surface area contributed by atoms with Crippen molar-refractivity contribution in [3.63, 3.8) is 0 Å². The van der Waals surface area contributed by atoms with Gasteiger partial charge in [0.25, 0.3) is 0 Å². The van der Waals surface area contributed by atoms with E-state index in [9.17, 15) is 14.4 Å². The molecule has 0 amide bonds. The van der Waals surface area contributed by atoms with Crippen LogP contribution in [0.3, 0.4) is 0 Å². The van der Waals surface area contributed by atoms with Gasteiger partial charge in [-0.1, -0.05) is 20.8 Å². The molecule has 1 rings (SSSR count). The van der Waals surface area contributed by atoms with Crippen molar-refractivity contribution in [1.82, 2.24) is 0 Å². The highest BCUT2D eigenvalue weighted by atomic mass is 16.7. The van der Waals surface area contributed by atoms with Crippen LogP contribution in [-0.4, -0.2) is 56.2 Å². The number of carbonyl (C=O) groups is 3. The monoisotopic (exact) mass is 374 g/mol. The second kappa shape index (κ2) is 11.9. The number of esters is 3. The summed E-state index contributed by atoms with van der Waals surface area (Å²) in [7, 11) is 1.40. The van der Waals surface area contributed by atoms with Crippen LogP contribution in [0.5, 0.6) is 0 Å². The predicted octanol–water partition coefficient (Wildman–Crippen LogP) is 2.12. The molecule has 1 aliphatic rings. The lowest BCUT2D eigenvalue weighted by molar-refractivity contribution is -0.275. The number of ether oxygens (including phenoxy) is 5. The highest BCUT2D eigenvalue weighted by molar-refractivity contribution is 5.71. The van der Waals surface area contributed by atoms with E-state index in [1.807, 2.05) is 20.8 Å². The molecule has 26 heavy (non-hydrogen) atoms. The Kier molecular flexibility index (Phi) is 10.2. The third-order valence-corrected chi connectivity index (χ3v) is 3.80. The molecule has 0 bridgehead atoms. The molecule has 1 saturated heterocycles. The summed E-state index contributed by atoms with van der Waals surface area (Å²) in [5.41, 5.74) is 0. The van der Waals surface area contributed by atoms with Crippen LogP contribution in [0.15, 0.2) is 0 Å². The van der Waals surface area contributed by atoms with Crippen molar-refractivity contribution >= 4 is 17.9 Å². The molecule has 0 unspecified atom stereocenters. The van der Waals surface area contributed by atoms with Crippen LogP contribution in [0.2, 0.25) is 0 Å². The Morgan fingerprint density at radius 1 is 0.808 bits per heavy atom. The second-order valence-corrected chi connectivity index (χ2v) is 6.12. The highest BCUT2D eigenvalue weighted by Crippen LogP contribution is 2.26. The van der Waals surface area contributed by atoms with E-state index < -0.39 is 42.5 Å². The molecule has 1 aliphatic heterocycles. The molecule has 4 atom stereocenters. The number of methoxy groups -OCH3 is 1. The average Bonchev–Trinajstić information content (AvgIpc) is 2.58. The fourth-order valence-corrected chi connectivity index (χ4v) is 2.58. The summed E-state index contributed by atoms with van der Waals surface area (Å²) < 4.78 is 27.1. The SMILES string of the molecule is CCCC(=O)O[C@@H]1[C@@H](OC(=O)CCC)[C@@H](OC)OC[C@@H]1OC(=O)CCC. The molecular weight excluding hydrogens is 344 g/mol. The van der Waals surface area contributed by atoms with Gasteiger partial charge in [0.15, 0.2) is 24.6 Å². The van der Waals surface area contributed by atoms with Gasteiger partial charge >= 0.3 is 17.9 Å². The Hall–Kier alpha value is -1.67. The Balaban J connectivity index is 2.98. The summed E-state index contributed by atoms with van der Waals surface area (Å²) in [5, 5.41) is 0. The number of hydrogen-bond donors (Lipinski definition) is 0. The largest absolute Gasteiger partial charge is 0.456 e. The van der Waals surface area contributed by atoms with Crippen LogP contribution < -0.4 is 0 Å². The predicted molar refractivity (Wildman–Crippen MR) is 91.1 cm³/mol. The first kappa shape index (κ1) is 22.4. The molecule has 0 N–H and O–H groups in total. The molecule has 1 fully saturated rings. The maximum absolute atomic E-state index is 12.0. The molecule has 150 valence electrons. The molecular formula is C18H30O8. The minimum absolute atomic E-state index is 0.0140. The maximum atomic E-state index is 12.0. The summed E-state index contributed by atoms with van der Waals surface area (Å²) in [6.07, 6.45) is -1.25. The van der Waals surface area contributed by atoms with Gasteiger partial charge in [0.05, 0.1) is 6.61 Å². The molecule has 1 heterocycles. The van der Waals surface area contributed by atoms with Gasteiger partial charge in [-0.15, -0.1) is 0 Å². The molecule has 0 aromatic rings. The third kappa shape index (κ3) is 6.92. The minimum atomic E-state index is -1.01. The normalized spacial score (nSPS) is 25.4. The van der Waals surface area contributed by atoms with Crippen molar-refractivity contribution in [2.75, 3.05) is 13.7 Å². The van der Waals surface area contributed by atoms with E-state index in [0.717, 1.165) is 0 Å². The lowest BCUT2D eigenvalue weighted by Gasteiger charge is -2.40. The van der Waals surface area contributed by atoms with Crippen LogP contribution in [0.1, 0.15) is 59.3 Å². The van der Waals surface area contributed by atoms with Gasteiger partial charge in [-0.05, 0) is 19.3 Å². The molecule has 0 aliphatic carbocycles. The summed E-state index contributed by atoms with van der Waals surface area (Å²) in [6, 6.07) is 0. The minimum Gasteiger partial charge on any atom is -0.456 e. The molecule has 8 nitrogen and oxygen atoms in total. The fraction of sp³-hybridized carbons (Fsp3) is 0.833. The number of rotatable bonds is 10. The van der Waals surface area contributed by atoms with E-state index in [1.165, 1.54) is 7.11 Å². The summed E-state index contributed by atoms with van der Waals surface area (Å²) in [4.78, 5) is 35.9. The van der Waals surface area contributed by atoms with Crippen molar-refractivity contribution in [2.45, 2.75) is 83.9 Å². The number of carbonyl (C=O) groups excluding carboxylic acids is 3. The average molecular weight is 374 g/mol. The van der Waals surface area contributed by atoms with Gasteiger partial charge in [0, 0.05) is 26.4 Å². The molecule has 0 spiro atoms. The van der Waals surface area contributed by atoms with E-state index >= 15 is 0 Å². The van der Waals surface area contributed by atoms with Gasteiger partial charge in [0.1, 0.15) is 0 Å². The van der Waals surface area contributed by atoms with Gasteiger partial charge < -0.3 is 23.7 Å². The zero-order valence-corrected chi connectivity index (χ0v) is 16.0. The quantitative estimate of drug-likeness (QED) is 0.424. The fourth-order valence-electron chi connectivity index (χ4n) is 2.58. The molecule has 0 radical (unpaired) electrons. The van der Waals surface area contributed by atoms with E-state index in [0.29, 0.717) is 19.3 Å². The van der Waals surface area contributed by atoms with E-state index in [1.54, 1.807) is 0 Å². The van der Waals surface area contributed by atoms with Crippen molar-refractivity contribution in [3.8, 4) is 0 Å². The van der Waals surface area contributed by atoms with Crippen molar-refractivity contribution in [1.29, 1.82) is 0 Å². The lowest BCUT2D eigenvalue weighted by Crippen LogP contribution is -2.58. The van der Waals surface area contributed by atoms with Crippen LogP contribution >= 0.6 is 0 Å². The van der Waals surface area contributed by atoms with E-state index in [-0.39, 0.29) is 25.9 Å². The molecule has 0 aromatic carbocycles. The van der Waals surface area contributed by atoms with Crippen molar-refractivity contribution < 1.29 is 38.1 Å². The summed E-state index contributed by atoms with van der Waals surface area (Å²) in [5.74, 6) is -1.34. The van der Waals surface area contributed by atoms with Crippen molar-refractivity contribution in [2.24, 2.45) is 0 Å². The van der Waals surface area contributed by atoms with Gasteiger partial charge in [-0.3, -0.25) is 14.4 Å².